The number of rotatable bonds is 2. The molecule has 0 aromatic heterocycles. The first-order valence-electron chi connectivity index (χ1n) is 7.55. The van der Waals surface area contributed by atoms with Crippen molar-refractivity contribution in [3.05, 3.63) is 35.9 Å². The molecule has 1 aliphatic carbocycles. The number of allylic oxidation sites excluding steroid dienone is 1. The van der Waals surface area contributed by atoms with E-state index in [0.29, 0.717) is 5.75 Å². The molecule has 0 saturated carbocycles. The summed E-state index contributed by atoms with van der Waals surface area (Å²) in [6.07, 6.45) is 4.13. The lowest BCUT2D eigenvalue weighted by molar-refractivity contribution is -0.136. The fourth-order valence-electron chi connectivity index (χ4n) is 2.88. The maximum absolute atomic E-state index is 12.8. The van der Waals surface area contributed by atoms with Crippen LogP contribution in [0.15, 0.2) is 35.9 Å². The van der Waals surface area contributed by atoms with E-state index in [0.717, 1.165) is 30.5 Å². The number of fused-ring (bicyclic) bond motifs is 1. The third-order valence-electron chi connectivity index (χ3n) is 4.05. The molecule has 3 rings (SSSR count). The predicted molar refractivity (Wildman–Crippen MR) is 83.8 cm³/mol. The molecule has 22 heavy (non-hydrogen) atoms. The van der Waals surface area contributed by atoms with Crippen LogP contribution >= 0.6 is 0 Å². The van der Waals surface area contributed by atoms with Crippen LogP contribution in [0.5, 0.6) is 5.75 Å². The molecule has 1 aromatic carbocycles. The van der Waals surface area contributed by atoms with E-state index in [-0.39, 0.29) is 18.4 Å². The molecule has 1 aromatic rings. The molecule has 0 bridgehead atoms. The second kappa shape index (κ2) is 5.83. The molecular formula is C17H20N2O3. The van der Waals surface area contributed by atoms with Crippen LogP contribution in [0, 0.1) is 0 Å². The first-order chi connectivity index (χ1) is 10.6. The highest BCUT2D eigenvalue weighted by atomic mass is 16.5. The summed E-state index contributed by atoms with van der Waals surface area (Å²) in [5.74, 6) is 0.443. The Bertz CT molecular complexity index is 637. The number of ether oxygens (including phenoxy) is 1. The topological polar surface area (TPSA) is 49.9 Å². The molecule has 1 atom stereocenters. The quantitative estimate of drug-likeness (QED) is 0.839. The zero-order valence-corrected chi connectivity index (χ0v) is 12.9. The van der Waals surface area contributed by atoms with Gasteiger partial charge in [0.25, 0.3) is 11.8 Å². The zero-order valence-electron chi connectivity index (χ0n) is 12.9. The van der Waals surface area contributed by atoms with Crippen molar-refractivity contribution < 1.29 is 14.3 Å². The Morgan fingerprint density at radius 3 is 2.73 bits per heavy atom. The minimum atomic E-state index is -0.657. The van der Waals surface area contributed by atoms with E-state index >= 15 is 0 Å². The van der Waals surface area contributed by atoms with E-state index in [9.17, 15) is 9.59 Å². The number of benzene rings is 1. The molecule has 2 aliphatic rings. The van der Waals surface area contributed by atoms with Crippen molar-refractivity contribution >= 4 is 17.5 Å². The van der Waals surface area contributed by atoms with Crippen molar-refractivity contribution in [2.45, 2.75) is 25.4 Å². The Morgan fingerprint density at radius 1 is 1.27 bits per heavy atom. The monoisotopic (exact) mass is 300 g/mol. The van der Waals surface area contributed by atoms with E-state index in [4.69, 9.17) is 4.74 Å². The number of amides is 2. The molecule has 1 heterocycles. The van der Waals surface area contributed by atoms with E-state index in [1.54, 1.807) is 25.1 Å². The molecule has 116 valence electrons. The van der Waals surface area contributed by atoms with Gasteiger partial charge in [-0.1, -0.05) is 18.2 Å². The van der Waals surface area contributed by atoms with Gasteiger partial charge in [0.15, 0.2) is 6.10 Å². The van der Waals surface area contributed by atoms with Gasteiger partial charge in [0.1, 0.15) is 5.75 Å². The second-order valence-electron chi connectivity index (χ2n) is 5.84. The summed E-state index contributed by atoms with van der Waals surface area (Å²) in [5, 5.41) is 0. The van der Waals surface area contributed by atoms with Crippen LogP contribution in [0.4, 0.5) is 5.69 Å². The Morgan fingerprint density at radius 2 is 2.05 bits per heavy atom. The SMILES string of the molecule is CN(C)C(=O)C1CN(C(=O)C2=CCCC2)c2ccccc2O1. The number of carbonyl (C=O) groups excluding carboxylic acids is 2. The van der Waals surface area contributed by atoms with Gasteiger partial charge in [-0.15, -0.1) is 0 Å². The number of carbonyl (C=O) groups is 2. The summed E-state index contributed by atoms with van der Waals surface area (Å²) < 4.78 is 5.79. The predicted octanol–water partition coefficient (Wildman–Crippen LogP) is 1.98. The number of para-hydroxylation sites is 2. The smallest absolute Gasteiger partial charge is 0.265 e. The largest absolute Gasteiger partial charge is 0.476 e. The molecule has 0 saturated heterocycles. The van der Waals surface area contributed by atoms with Gasteiger partial charge in [-0.25, -0.2) is 0 Å². The summed E-state index contributed by atoms with van der Waals surface area (Å²) in [5.41, 5.74) is 1.58. The molecule has 5 heteroatoms. The number of likely N-dealkylation sites (N-methyl/N-ethyl adjacent to an activating group) is 1. The van der Waals surface area contributed by atoms with Crippen molar-refractivity contribution in [2.24, 2.45) is 0 Å². The van der Waals surface area contributed by atoms with Gasteiger partial charge in [-0.3, -0.25) is 9.59 Å². The Hall–Kier alpha value is -2.30. The Kier molecular flexibility index (Phi) is 3.88. The van der Waals surface area contributed by atoms with Crippen LogP contribution in [0.25, 0.3) is 0 Å². The van der Waals surface area contributed by atoms with E-state index in [2.05, 4.69) is 0 Å². The van der Waals surface area contributed by atoms with Crippen molar-refractivity contribution in [1.82, 2.24) is 4.90 Å². The lowest BCUT2D eigenvalue weighted by Crippen LogP contribution is -2.50. The Balaban J connectivity index is 1.93. The van der Waals surface area contributed by atoms with Crippen LogP contribution in [-0.2, 0) is 9.59 Å². The average molecular weight is 300 g/mol. The average Bonchev–Trinajstić information content (AvgIpc) is 3.06. The molecular weight excluding hydrogens is 280 g/mol. The fourth-order valence-corrected chi connectivity index (χ4v) is 2.88. The van der Waals surface area contributed by atoms with Crippen molar-refractivity contribution in [3.63, 3.8) is 0 Å². The molecule has 0 radical (unpaired) electrons. The van der Waals surface area contributed by atoms with Gasteiger partial charge in [0, 0.05) is 19.7 Å². The van der Waals surface area contributed by atoms with Crippen LogP contribution in [0.3, 0.4) is 0 Å². The highest BCUT2D eigenvalue weighted by molar-refractivity contribution is 6.07. The summed E-state index contributed by atoms with van der Waals surface area (Å²) in [4.78, 5) is 28.2. The van der Waals surface area contributed by atoms with E-state index in [1.165, 1.54) is 4.90 Å². The summed E-state index contributed by atoms with van der Waals surface area (Å²) >= 11 is 0. The molecule has 0 fully saturated rings. The normalized spacial score (nSPS) is 20.0. The molecule has 0 spiro atoms. The molecule has 0 N–H and O–H groups in total. The third kappa shape index (κ3) is 2.58. The van der Waals surface area contributed by atoms with Gasteiger partial charge in [-0.05, 0) is 31.4 Å². The highest BCUT2D eigenvalue weighted by Gasteiger charge is 2.35. The fraction of sp³-hybridized carbons (Fsp3) is 0.412. The first kappa shape index (κ1) is 14.6. The maximum Gasteiger partial charge on any atom is 0.265 e. The number of hydrogen-bond donors (Lipinski definition) is 0. The van der Waals surface area contributed by atoms with Crippen molar-refractivity contribution in [1.29, 1.82) is 0 Å². The molecule has 5 nitrogen and oxygen atoms in total. The van der Waals surface area contributed by atoms with Gasteiger partial charge in [0.05, 0.1) is 12.2 Å². The molecule has 1 unspecified atom stereocenters. The summed E-state index contributed by atoms with van der Waals surface area (Å²) in [6, 6.07) is 7.38. The Labute approximate surface area is 130 Å². The minimum absolute atomic E-state index is 0.00944. The zero-order chi connectivity index (χ0) is 15.7. The first-order valence-corrected chi connectivity index (χ1v) is 7.55. The maximum atomic E-state index is 12.8. The standard InChI is InChI=1S/C17H20N2O3/c1-18(2)17(21)15-11-19(16(20)12-7-3-4-8-12)13-9-5-6-10-14(13)22-15/h5-7,9-10,15H,3-4,8,11H2,1-2H3. The van der Waals surface area contributed by atoms with E-state index in [1.807, 2.05) is 24.3 Å². The van der Waals surface area contributed by atoms with Crippen LogP contribution < -0.4 is 9.64 Å². The highest BCUT2D eigenvalue weighted by Crippen LogP contribution is 2.35. The molecule has 2 amide bonds. The van der Waals surface area contributed by atoms with Gasteiger partial charge in [-0.2, -0.15) is 0 Å². The number of hydrogen-bond acceptors (Lipinski definition) is 3. The third-order valence-corrected chi connectivity index (χ3v) is 4.05. The van der Waals surface area contributed by atoms with Crippen LogP contribution in [0.1, 0.15) is 19.3 Å². The molecule has 1 aliphatic heterocycles. The van der Waals surface area contributed by atoms with Crippen LogP contribution in [-0.4, -0.2) is 43.5 Å². The van der Waals surface area contributed by atoms with Crippen molar-refractivity contribution in [3.8, 4) is 5.75 Å². The number of anilines is 1. The van der Waals surface area contributed by atoms with Gasteiger partial charge < -0.3 is 14.5 Å². The van der Waals surface area contributed by atoms with Gasteiger partial charge in [0.2, 0.25) is 0 Å². The number of nitrogens with zero attached hydrogens (tertiary/aromatic N) is 2. The lowest BCUT2D eigenvalue weighted by atomic mass is 10.1. The minimum Gasteiger partial charge on any atom is -0.476 e. The lowest BCUT2D eigenvalue weighted by Gasteiger charge is -2.35. The second-order valence-corrected chi connectivity index (χ2v) is 5.84. The van der Waals surface area contributed by atoms with Crippen molar-refractivity contribution in [2.75, 3.05) is 25.5 Å². The van der Waals surface area contributed by atoms with Crippen LogP contribution in [0.2, 0.25) is 0 Å². The van der Waals surface area contributed by atoms with E-state index < -0.39 is 6.10 Å². The van der Waals surface area contributed by atoms with Gasteiger partial charge >= 0.3 is 0 Å². The summed E-state index contributed by atoms with van der Waals surface area (Å²) in [6.45, 7) is 0.254. The summed E-state index contributed by atoms with van der Waals surface area (Å²) in [7, 11) is 3.38.